The molecular formula is C7H17AlO. The van der Waals surface area contributed by atoms with E-state index in [2.05, 4.69) is 32.3 Å². The van der Waals surface area contributed by atoms with Crippen LogP contribution in [0, 0.1) is 0 Å². The van der Waals surface area contributed by atoms with Gasteiger partial charge in [0.05, 0.1) is 0 Å². The van der Waals surface area contributed by atoms with Gasteiger partial charge in [0.2, 0.25) is 0 Å². The summed E-state index contributed by atoms with van der Waals surface area (Å²) in [6.07, 6.45) is 1.11. The highest BCUT2D eigenvalue weighted by molar-refractivity contribution is 6.48. The molecule has 0 atom stereocenters. The second-order valence-electron chi connectivity index (χ2n) is 3.28. The quantitative estimate of drug-likeness (QED) is 0.553. The molecule has 0 unspecified atom stereocenters. The fraction of sp³-hybridized carbons (Fsp3) is 1.00. The van der Waals surface area contributed by atoms with Gasteiger partial charge in [0, 0.05) is 5.60 Å². The average Bonchev–Trinajstić information content (AvgIpc) is 1.63. The Morgan fingerprint density at radius 3 is 1.89 bits per heavy atom. The smallest absolute Gasteiger partial charge is 0.454 e. The van der Waals surface area contributed by atoms with E-state index in [1.54, 1.807) is 0 Å². The topological polar surface area (TPSA) is 9.23 Å². The van der Waals surface area contributed by atoms with Crippen LogP contribution in [0.3, 0.4) is 0 Å². The van der Waals surface area contributed by atoms with Crippen molar-refractivity contribution in [3.8, 4) is 0 Å². The lowest BCUT2D eigenvalue weighted by Gasteiger charge is -2.26. The van der Waals surface area contributed by atoms with Crippen molar-refractivity contribution < 1.29 is 3.79 Å². The highest BCUT2D eigenvalue weighted by atomic mass is 27.2. The van der Waals surface area contributed by atoms with Gasteiger partial charge in [-0.3, -0.25) is 0 Å². The Bertz CT molecular complexity index is 79.0. The fourth-order valence-electron chi connectivity index (χ4n) is 0.721. The minimum Gasteiger partial charge on any atom is -0.496 e. The molecule has 0 aliphatic carbocycles. The van der Waals surface area contributed by atoms with E-state index >= 15 is 0 Å². The van der Waals surface area contributed by atoms with E-state index in [1.807, 2.05) is 0 Å². The van der Waals surface area contributed by atoms with E-state index < -0.39 is 14.5 Å². The normalized spacial score (nSPS) is 11.7. The van der Waals surface area contributed by atoms with Crippen molar-refractivity contribution in [1.29, 1.82) is 0 Å². The summed E-state index contributed by atoms with van der Waals surface area (Å²) in [5.41, 5.74) is 0.125. The molecule has 0 fully saturated rings. The van der Waals surface area contributed by atoms with Crippen molar-refractivity contribution in [2.24, 2.45) is 0 Å². The molecule has 0 aromatic heterocycles. The molecule has 0 amide bonds. The highest BCUT2D eigenvalue weighted by Gasteiger charge is 2.18. The van der Waals surface area contributed by atoms with Crippen molar-refractivity contribution in [1.82, 2.24) is 0 Å². The lowest BCUT2D eigenvalue weighted by molar-refractivity contribution is 0.105. The van der Waals surface area contributed by atoms with Crippen LogP contribution in [-0.4, -0.2) is 20.1 Å². The van der Waals surface area contributed by atoms with Gasteiger partial charge in [-0.1, -0.05) is 18.5 Å². The standard InChI is InChI=1S/C5H11O.2CH3.Al/c1-4-5(2,3)6;;;/h4H2,1-3H3;2*1H3;/q-1;;;+1. The summed E-state index contributed by atoms with van der Waals surface area (Å²) in [5.74, 6) is 4.41. The van der Waals surface area contributed by atoms with Crippen molar-refractivity contribution >= 4 is 14.5 Å². The van der Waals surface area contributed by atoms with Crippen molar-refractivity contribution in [2.45, 2.75) is 44.4 Å². The monoisotopic (exact) mass is 144 g/mol. The summed E-state index contributed by atoms with van der Waals surface area (Å²) in [7, 11) is 0. The first-order chi connectivity index (χ1) is 3.98. The maximum absolute atomic E-state index is 5.73. The second kappa shape index (κ2) is 3.61. The molecule has 0 saturated heterocycles. The van der Waals surface area contributed by atoms with Crippen molar-refractivity contribution in [3.63, 3.8) is 0 Å². The van der Waals surface area contributed by atoms with Crippen LogP contribution in [0.4, 0.5) is 0 Å². The SMILES string of the molecule is CCC(C)(C)[O][Al]([CH3])[CH3]. The molecule has 1 nitrogen and oxygen atoms in total. The minimum absolute atomic E-state index is 0.125. The predicted molar refractivity (Wildman–Crippen MR) is 42.9 cm³/mol. The van der Waals surface area contributed by atoms with E-state index in [0.29, 0.717) is 0 Å². The Labute approximate surface area is 63.1 Å². The molecule has 0 rings (SSSR count). The number of hydrogen-bond donors (Lipinski definition) is 0. The molecule has 0 aromatic rings. The molecule has 0 N–H and O–H groups in total. The lowest BCUT2D eigenvalue weighted by atomic mass is 10.1. The molecule has 0 saturated carbocycles. The van der Waals surface area contributed by atoms with Crippen LogP contribution in [0.15, 0.2) is 0 Å². The third-order valence-corrected chi connectivity index (χ3v) is 2.52. The van der Waals surface area contributed by atoms with Gasteiger partial charge in [0.15, 0.2) is 0 Å². The summed E-state index contributed by atoms with van der Waals surface area (Å²) < 4.78 is 5.73. The number of rotatable bonds is 3. The minimum atomic E-state index is -0.813. The van der Waals surface area contributed by atoms with Gasteiger partial charge >= 0.3 is 14.5 Å². The Morgan fingerprint density at radius 2 is 1.78 bits per heavy atom. The highest BCUT2D eigenvalue weighted by Crippen LogP contribution is 2.14. The molecular weight excluding hydrogens is 127 g/mol. The van der Waals surface area contributed by atoms with Crippen LogP contribution < -0.4 is 0 Å². The predicted octanol–water partition coefficient (Wildman–Crippen LogP) is 2.44. The Balaban J connectivity index is 3.58. The Hall–Kier alpha value is 0.492. The molecule has 2 heteroatoms. The summed E-state index contributed by atoms with van der Waals surface area (Å²) in [6, 6.07) is 0. The van der Waals surface area contributed by atoms with Crippen LogP contribution >= 0.6 is 0 Å². The molecule has 0 bridgehead atoms. The van der Waals surface area contributed by atoms with Crippen LogP contribution in [-0.2, 0) is 3.79 Å². The Kier molecular flexibility index (Phi) is 3.81. The largest absolute Gasteiger partial charge is 0.496 e. The molecule has 9 heavy (non-hydrogen) atoms. The molecule has 0 spiro atoms. The summed E-state index contributed by atoms with van der Waals surface area (Å²) >= 11 is -0.813. The Morgan fingerprint density at radius 1 is 1.33 bits per heavy atom. The van der Waals surface area contributed by atoms with Crippen LogP contribution in [0.1, 0.15) is 27.2 Å². The molecule has 0 aromatic carbocycles. The molecule has 0 aliphatic heterocycles. The molecule has 0 heterocycles. The maximum atomic E-state index is 5.73. The first-order valence-electron chi connectivity index (χ1n) is 3.66. The van der Waals surface area contributed by atoms with Crippen LogP contribution in [0.25, 0.3) is 0 Å². The third kappa shape index (κ3) is 4.96. The van der Waals surface area contributed by atoms with Gasteiger partial charge in [-0.05, 0) is 20.3 Å². The van der Waals surface area contributed by atoms with Gasteiger partial charge in [-0.25, -0.2) is 0 Å². The lowest BCUT2D eigenvalue weighted by Crippen LogP contribution is -2.28. The van der Waals surface area contributed by atoms with E-state index in [1.165, 1.54) is 0 Å². The number of hydrogen-bond acceptors (Lipinski definition) is 1. The van der Waals surface area contributed by atoms with Gasteiger partial charge in [0.1, 0.15) is 0 Å². The van der Waals surface area contributed by atoms with E-state index in [-0.39, 0.29) is 5.60 Å². The first kappa shape index (κ1) is 9.49. The first-order valence-corrected chi connectivity index (χ1v) is 6.44. The van der Waals surface area contributed by atoms with E-state index in [9.17, 15) is 0 Å². The van der Waals surface area contributed by atoms with E-state index in [0.717, 1.165) is 6.42 Å². The summed E-state index contributed by atoms with van der Waals surface area (Å²) in [6.45, 7) is 6.47. The summed E-state index contributed by atoms with van der Waals surface area (Å²) in [4.78, 5) is 0. The van der Waals surface area contributed by atoms with Crippen LogP contribution in [0.2, 0.25) is 11.6 Å². The zero-order valence-corrected chi connectivity index (χ0v) is 8.35. The molecule has 0 aliphatic rings. The molecule has 54 valence electrons. The average molecular weight is 144 g/mol. The van der Waals surface area contributed by atoms with E-state index in [4.69, 9.17) is 3.79 Å². The van der Waals surface area contributed by atoms with Crippen LogP contribution in [0.5, 0.6) is 0 Å². The third-order valence-electron chi connectivity index (χ3n) is 1.41. The van der Waals surface area contributed by atoms with Crippen molar-refractivity contribution in [3.05, 3.63) is 0 Å². The van der Waals surface area contributed by atoms with Gasteiger partial charge in [-0.2, -0.15) is 0 Å². The van der Waals surface area contributed by atoms with Gasteiger partial charge in [0.25, 0.3) is 0 Å². The zero-order chi connectivity index (χ0) is 7.49. The van der Waals surface area contributed by atoms with Crippen molar-refractivity contribution in [2.75, 3.05) is 0 Å². The second-order valence-corrected chi connectivity index (χ2v) is 5.61. The van der Waals surface area contributed by atoms with Gasteiger partial charge in [-0.15, -0.1) is 0 Å². The van der Waals surface area contributed by atoms with Gasteiger partial charge < -0.3 is 3.79 Å². The zero-order valence-electron chi connectivity index (χ0n) is 7.19. The molecule has 0 radical (unpaired) electrons. The fourth-order valence-corrected chi connectivity index (χ4v) is 2.16. The maximum Gasteiger partial charge on any atom is 0.454 e. The summed E-state index contributed by atoms with van der Waals surface area (Å²) in [5, 5.41) is 0.